The molecule has 2 rings (SSSR count). The van der Waals surface area contributed by atoms with Gasteiger partial charge >= 0.3 is 5.97 Å². The van der Waals surface area contributed by atoms with Gasteiger partial charge in [0.1, 0.15) is 6.61 Å². The molecule has 0 bridgehead atoms. The van der Waals surface area contributed by atoms with Crippen molar-refractivity contribution in [1.29, 1.82) is 0 Å². The van der Waals surface area contributed by atoms with Gasteiger partial charge < -0.3 is 25.4 Å². The molecule has 0 aliphatic heterocycles. The fraction of sp³-hybridized carbons (Fsp3) is 0.304. The number of para-hydroxylation sites is 1. The molecule has 0 aliphatic rings. The fourth-order valence-corrected chi connectivity index (χ4v) is 2.98. The first-order valence-corrected chi connectivity index (χ1v) is 10.5. The standard InChI is InChI=1S/C23H27N3O5S/c1-16(17-8-4-3-5-9-17)24-22(29)18-10-6-7-11-19(18)25-23(32)26-20(27)12-13-21(28)31-15-14-30-2/h3-11,16H,12-15H2,1-2H3,(H,24,29)(H2,25,26,27,32). The minimum absolute atomic E-state index is 0.0270. The Kier molecular flexibility index (Phi) is 10.3. The second kappa shape index (κ2) is 13.2. The average molecular weight is 458 g/mol. The molecule has 0 aliphatic carbocycles. The zero-order valence-corrected chi connectivity index (χ0v) is 18.9. The van der Waals surface area contributed by atoms with Crippen LogP contribution in [-0.4, -0.2) is 43.2 Å². The van der Waals surface area contributed by atoms with E-state index in [0.717, 1.165) is 5.56 Å². The molecule has 3 N–H and O–H groups in total. The Balaban J connectivity index is 1.89. The van der Waals surface area contributed by atoms with Gasteiger partial charge in [0.2, 0.25) is 5.91 Å². The third kappa shape index (κ3) is 8.44. The summed E-state index contributed by atoms with van der Waals surface area (Å²) in [5.74, 6) is -1.21. The second-order valence-electron chi connectivity index (χ2n) is 6.87. The van der Waals surface area contributed by atoms with E-state index < -0.39 is 11.9 Å². The van der Waals surface area contributed by atoms with Crippen LogP contribution in [-0.2, 0) is 19.1 Å². The molecule has 8 nitrogen and oxygen atoms in total. The number of esters is 1. The summed E-state index contributed by atoms with van der Waals surface area (Å²) in [6.07, 6.45) is -0.154. The van der Waals surface area contributed by atoms with E-state index in [0.29, 0.717) is 17.9 Å². The molecule has 9 heteroatoms. The predicted molar refractivity (Wildman–Crippen MR) is 125 cm³/mol. The van der Waals surface area contributed by atoms with E-state index >= 15 is 0 Å². The molecular weight excluding hydrogens is 430 g/mol. The number of benzene rings is 2. The second-order valence-corrected chi connectivity index (χ2v) is 7.28. The third-order valence-corrected chi connectivity index (χ3v) is 4.63. The first-order chi connectivity index (χ1) is 15.4. The van der Waals surface area contributed by atoms with Gasteiger partial charge in [0.05, 0.1) is 30.3 Å². The van der Waals surface area contributed by atoms with Crippen molar-refractivity contribution in [3.8, 4) is 0 Å². The SMILES string of the molecule is COCCOC(=O)CCC(=O)NC(=S)Nc1ccccc1C(=O)NC(C)c1ccccc1. The number of rotatable bonds is 10. The molecule has 0 spiro atoms. The van der Waals surface area contributed by atoms with Gasteiger partial charge in [0.15, 0.2) is 5.11 Å². The lowest BCUT2D eigenvalue weighted by molar-refractivity contribution is -0.146. The molecule has 0 aromatic heterocycles. The molecule has 2 aromatic rings. The quantitative estimate of drug-likeness (QED) is 0.286. The average Bonchev–Trinajstić information content (AvgIpc) is 2.78. The normalized spacial score (nSPS) is 11.2. The maximum Gasteiger partial charge on any atom is 0.306 e. The van der Waals surface area contributed by atoms with Gasteiger partial charge in [0.25, 0.3) is 5.91 Å². The predicted octanol–water partition coefficient (Wildman–Crippen LogP) is 2.96. The van der Waals surface area contributed by atoms with Gasteiger partial charge in [0, 0.05) is 13.5 Å². The van der Waals surface area contributed by atoms with Crippen LogP contribution in [0.1, 0.15) is 41.7 Å². The van der Waals surface area contributed by atoms with Crippen LogP contribution in [0.3, 0.4) is 0 Å². The van der Waals surface area contributed by atoms with E-state index in [1.54, 1.807) is 24.3 Å². The van der Waals surface area contributed by atoms with Crippen molar-refractivity contribution in [2.45, 2.75) is 25.8 Å². The molecule has 0 radical (unpaired) electrons. The van der Waals surface area contributed by atoms with Crippen molar-refractivity contribution < 1.29 is 23.9 Å². The number of carbonyl (C=O) groups excluding carboxylic acids is 3. The van der Waals surface area contributed by atoms with Gasteiger partial charge in [-0.25, -0.2) is 0 Å². The number of hydrogen-bond acceptors (Lipinski definition) is 6. The van der Waals surface area contributed by atoms with Crippen molar-refractivity contribution in [2.75, 3.05) is 25.6 Å². The Morgan fingerprint density at radius 1 is 0.969 bits per heavy atom. The Morgan fingerprint density at radius 2 is 1.66 bits per heavy atom. The number of anilines is 1. The lowest BCUT2D eigenvalue weighted by Crippen LogP contribution is -2.35. The molecule has 170 valence electrons. The van der Waals surface area contributed by atoms with E-state index in [1.807, 2.05) is 37.3 Å². The number of amides is 2. The molecule has 2 amide bonds. The van der Waals surface area contributed by atoms with Crippen LogP contribution in [0.4, 0.5) is 5.69 Å². The number of carbonyl (C=O) groups is 3. The van der Waals surface area contributed by atoms with E-state index in [2.05, 4.69) is 16.0 Å². The molecule has 0 saturated carbocycles. The van der Waals surface area contributed by atoms with Crippen LogP contribution < -0.4 is 16.0 Å². The molecule has 0 fully saturated rings. The first-order valence-electron chi connectivity index (χ1n) is 10.1. The van der Waals surface area contributed by atoms with Crippen LogP contribution in [0.25, 0.3) is 0 Å². The van der Waals surface area contributed by atoms with Crippen LogP contribution in [0.2, 0.25) is 0 Å². The summed E-state index contributed by atoms with van der Waals surface area (Å²) in [7, 11) is 1.50. The van der Waals surface area contributed by atoms with Crippen molar-refractivity contribution in [3.63, 3.8) is 0 Å². The largest absolute Gasteiger partial charge is 0.463 e. The topological polar surface area (TPSA) is 106 Å². The maximum atomic E-state index is 12.8. The van der Waals surface area contributed by atoms with Gasteiger partial charge in [-0.15, -0.1) is 0 Å². The van der Waals surface area contributed by atoms with Crippen molar-refractivity contribution >= 4 is 40.8 Å². The monoisotopic (exact) mass is 457 g/mol. The highest BCUT2D eigenvalue weighted by molar-refractivity contribution is 7.80. The molecule has 2 aromatic carbocycles. The Labute approximate surface area is 192 Å². The Bertz CT molecular complexity index is 936. The zero-order valence-electron chi connectivity index (χ0n) is 18.1. The van der Waals surface area contributed by atoms with Gasteiger partial charge in [-0.2, -0.15) is 0 Å². The molecule has 0 saturated heterocycles. The molecule has 32 heavy (non-hydrogen) atoms. The van der Waals surface area contributed by atoms with Gasteiger partial charge in [-0.3, -0.25) is 14.4 Å². The van der Waals surface area contributed by atoms with Crippen LogP contribution in [0, 0.1) is 0 Å². The molecular formula is C23H27N3O5S. The Morgan fingerprint density at radius 3 is 2.38 bits per heavy atom. The van der Waals surface area contributed by atoms with Crippen LogP contribution in [0.15, 0.2) is 54.6 Å². The summed E-state index contributed by atoms with van der Waals surface area (Å²) < 4.78 is 9.69. The van der Waals surface area contributed by atoms with Gasteiger partial charge in [-0.05, 0) is 36.8 Å². The first kappa shape index (κ1) is 25.0. The fourth-order valence-electron chi connectivity index (χ4n) is 2.76. The summed E-state index contributed by atoms with van der Waals surface area (Å²) in [4.78, 5) is 36.4. The number of nitrogens with one attached hydrogen (secondary N) is 3. The number of hydrogen-bond donors (Lipinski definition) is 3. The molecule has 1 unspecified atom stereocenters. The van der Waals surface area contributed by atoms with Crippen molar-refractivity contribution in [1.82, 2.24) is 10.6 Å². The Hall–Kier alpha value is -3.30. The summed E-state index contributed by atoms with van der Waals surface area (Å²) >= 11 is 5.18. The minimum atomic E-state index is -0.495. The highest BCUT2D eigenvalue weighted by Crippen LogP contribution is 2.18. The smallest absolute Gasteiger partial charge is 0.306 e. The van der Waals surface area contributed by atoms with Crippen molar-refractivity contribution in [3.05, 3.63) is 65.7 Å². The van der Waals surface area contributed by atoms with E-state index in [9.17, 15) is 14.4 Å². The molecule has 1 atom stereocenters. The van der Waals surface area contributed by atoms with E-state index in [1.165, 1.54) is 7.11 Å². The summed E-state index contributed by atoms with van der Waals surface area (Å²) in [5, 5.41) is 8.35. The summed E-state index contributed by atoms with van der Waals surface area (Å²) in [6, 6.07) is 16.3. The zero-order chi connectivity index (χ0) is 23.3. The summed E-state index contributed by atoms with van der Waals surface area (Å²) in [6.45, 7) is 2.33. The molecule has 0 heterocycles. The third-order valence-electron chi connectivity index (χ3n) is 4.43. The van der Waals surface area contributed by atoms with Crippen molar-refractivity contribution in [2.24, 2.45) is 0 Å². The van der Waals surface area contributed by atoms with Crippen LogP contribution >= 0.6 is 12.2 Å². The lowest BCUT2D eigenvalue weighted by atomic mass is 10.1. The highest BCUT2D eigenvalue weighted by atomic mass is 32.1. The summed E-state index contributed by atoms with van der Waals surface area (Å²) in [5.41, 5.74) is 1.82. The number of thiocarbonyl (C=S) groups is 1. The van der Waals surface area contributed by atoms with E-state index in [-0.39, 0.29) is 36.5 Å². The minimum Gasteiger partial charge on any atom is -0.463 e. The number of methoxy groups -OCH3 is 1. The van der Waals surface area contributed by atoms with Crippen LogP contribution in [0.5, 0.6) is 0 Å². The number of ether oxygens (including phenoxy) is 2. The van der Waals surface area contributed by atoms with Gasteiger partial charge in [-0.1, -0.05) is 42.5 Å². The maximum absolute atomic E-state index is 12.8. The lowest BCUT2D eigenvalue weighted by Gasteiger charge is -2.17. The highest BCUT2D eigenvalue weighted by Gasteiger charge is 2.16. The van der Waals surface area contributed by atoms with E-state index in [4.69, 9.17) is 21.7 Å².